The quantitative estimate of drug-likeness (QED) is 0.725. The predicted molar refractivity (Wildman–Crippen MR) is 105 cm³/mol. The number of rotatable bonds is 6. The highest BCUT2D eigenvalue weighted by Gasteiger charge is 2.64. The van der Waals surface area contributed by atoms with Crippen LogP contribution in [0, 0.1) is 5.41 Å². The Morgan fingerprint density at radius 1 is 1.17 bits per heavy atom. The van der Waals surface area contributed by atoms with E-state index in [2.05, 4.69) is 0 Å². The summed E-state index contributed by atoms with van der Waals surface area (Å²) in [5.41, 5.74) is -0.666. The first-order valence-corrected chi connectivity index (χ1v) is 9.97. The summed E-state index contributed by atoms with van der Waals surface area (Å²) in [5, 5.41) is 10.8. The average molecular weight is 408 g/mol. The predicted octanol–water partition coefficient (Wildman–Crippen LogP) is 2.79. The van der Waals surface area contributed by atoms with Crippen molar-refractivity contribution >= 4 is 5.97 Å². The number of hydrogen-bond acceptors (Lipinski definition) is 7. The van der Waals surface area contributed by atoms with Gasteiger partial charge in [-0.05, 0) is 47.1 Å². The van der Waals surface area contributed by atoms with Gasteiger partial charge in [0.1, 0.15) is 30.5 Å². The number of aliphatic hydroxyl groups is 1. The maximum Gasteiger partial charge on any atom is 0.311 e. The molecule has 7 nitrogen and oxygen atoms in total. The smallest absolute Gasteiger partial charge is 0.311 e. The van der Waals surface area contributed by atoms with Crippen LogP contribution in [0.2, 0.25) is 0 Å². The molecule has 1 aromatic rings. The van der Waals surface area contributed by atoms with E-state index in [-0.39, 0.29) is 6.61 Å². The van der Waals surface area contributed by atoms with E-state index in [9.17, 15) is 9.90 Å². The van der Waals surface area contributed by atoms with Gasteiger partial charge in [0.15, 0.2) is 12.1 Å². The number of carbonyl (C=O) groups is 1. The number of esters is 1. The molecular formula is C22H32O7. The molecule has 5 atom stereocenters. The molecule has 29 heavy (non-hydrogen) atoms. The van der Waals surface area contributed by atoms with Gasteiger partial charge in [0.25, 0.3) is 0 Å². The van der Waals surface area contributed by atoms with Crippen molar-refractivity contribution in [3.63, 3.8) is 0 Å². The Bertz CT molecular complexity index is 712. The van der Waals surface area contributed by atoms with Crippen molar-refractivity contribution in [2.45, 2.75) is 84.1 Å². The Morgan fingerprint density at radius 2 is 1.83 bits per heavy atom. The van der Waals surface area contributed by atoms with Gasteiger partial charge < -0.3 is 28.8 Å². The first-order valence-electron chi connectivity index (χ1n) is 9.97. The summed E-state index contributed by atoms with van der Waals surface area (Å²) in [6, 6.07) is 9.73. The van der Waals surface area contributed by atoms with Gasteiger partial charge in [0.2, 0.25) is 0 Å². The molecule has 3 rings (SSSR count). The Kier molecular flexibility index (Phi) is 6.09. The largest absolute Gasteiger partial charge is 0.462 e. The maximum atomic E-state index is 12.1. The zero-order valence-electron chi connectivity index (χ0n) is 18.0. The highest BCUT2D eigenvalue weighted by molar-refractivity contribution is 5.75. The van der Waals surface area contributed by atoms with E-state index < -0.39 is 47.4 Å². The molecule has 162 valence electrons. The van der Waals surface area contributed by atoms with Gasteiger partial charge in [-0.3, -0.25) is 4.79 Å². The Morgan fingerprint density at radius 3 is 2.45 bits per heavy atom. The fourth-order valence-corrected chi connectivity index (χ4v) is 3.57. The lowest BCUT2D eigenvalue weighted by atomic mass is 9.90. The number of fused-ring (bicyclic) bond motifs is 1. The fraction of sp³-hybridized carbons (Fsp3) is 0.682. The molecule has 0 aromatic heterocycles. The van der Waals surface area contributed by atoms with Crippen LogP contribution >= 0.6 is 0 Å². The van der Waals surface area contributed by atoms with Crippen LogP contribution in [0.1, 0.15) is 47.1 Å². The Labute approximate surface area is 172 Å². The van der Waals surface area contributed by atoms with Crippen molar-refractivity contribution in [2.75, 3.05) is 6.61 Å². The second-order valence-corrected chi connectivity index (χ2v) is 9.36. The van der Waals surface area contributed by atoms with Crippen LogP contribution in [0.5, 0.6) is 0 Å². The minimum absolute atomic E-state index is 0.201. The molecule has 7 heteroatoms. The van der Waals surface area contributed by atoms with Crippen LogP contribution in [-0.4, -0.2) is 53.7 Å². The molecule has 2 heterocycles. The molecule has 0 unspecified atom stereocenters. The Balaban J connectivity index is 1.74. The normalized spacial score (nSPS) is 32.0. The highest BCUT2D eigenvalue weighted by atomic mass is 16.8. The summed E-state index contributed by atoms with van der Waals surface area (Å²) in [7, 11) is 0. The molecule has 0 spiro atoms. The number of carbonyl (C=O) groups excluding carboxylic acids is 1. The molecule has 0 amide bonds. The maximum absolute atomic E-state index is 12.1. The summed E-state index contributed by atoms with van der Waals surface area (Å²) in [6.07, 6.45) is -3.09. The van der Waals surface area contributed by atoms with Crippen LogP contribution in [-0.2, 0) is 35.1 Å². The lowest BCUT2D eigenvalue weighted by molar-refractivity contribution is -0.251. The molecule has 0 saturated carbocycles. The van der Waals surface area contributed by atoms with Crippen molar-refractivity contribution in [1.29, 1.82) is 0 Å². The number of benzene rings is 1. The highest BCUT2D eigenvalue weighted by Crippen LogP contribution is 2.46. The van der Waals surface area contributed by atoms with Crippen molar-refractivity contribution in [3.8, 4) is 0 Å². The lowest BCUT2D eigenvalue weighted by Crippen LogP contribution is -2.54. The monoisotopic (exact) mass is 408 g/mol. The summed E-state index contributed by atoms with van der Waals surface area (Å²) in [6.45, 7) is 10.8. The number of ether oxygens (including phenoxy) is 5. The second kappa shape index (κ2) is 7.96. The van der Waals surface area contributed by atoms with Gasteiger partial charge in [0, 0.05) is 0 Å². The molecule has 2 aliphatic rings. The van der Waals surface area contributed by atoms with Crippen molar-refractivity contribution in [2.24, 2.45) is 5.41 Å². The van der Waals surface area contributed by atoms with Crippen LogP contribution in [0.25, 0.3) is 0 Å². The van der Waals surface area contributed by atoms with E-state index in [0.29, 0.717) is 6.61 Å². The molecule has 1 aromatic carbocycles. The minimum Gasteiger partial charge on any atom is -0.462 e. The van der Waals surface area contributed by atoms with Gasteiger partial charge >= 0.3 is 5.97 Å². The fourth-order valence-electron chi connectivity index (χ4n) is 3.57. The average Bonchev–Trinajstić information content (AvgIpc) is 3.09. The van der Waals surface area contributed by atoms with Gasteiger partial charge in [0.05, 0.1) is 12.0 Å². The molecule has 0 radical (unpaired) electrons. The summed E-state index contributed by atoms with van der Waals surface area (Å²) < 4.78 is 29.4. The van der Waals surface area contributed by atoms with Crippen LogP contribution < -0.4 is 0 Å². The van der Waals surface area contributed by atoms with Crippen LogP contribution in [0.3, 0.4) is 0 Å². The lowest BCUT2D eigenvalue weighted by Gasteiger charge is -2.37. The van der Waals surface area contributed by atoms with E-state index in [0.717, 1.165) is 5.56 Å². The first-order chi connectivity index (χ1) is 13.4. The zero-order valence-corrected chi connectivity index (χ0v) is 18.0. The van der Waals surface area contributed by atoms with Crippen LogP contribution in [0.15, 0.2) is 30.3 Å². The number of aliphatic hydroxyl groups excluding tert-OH is 1. The van der Waals surface area contributed by atoms with Gasteiger partial charge in [-0.1, -0.05) is 30.3 Å². The molecule has 2 saturated heterocycles. The number of hydrogen-bond donors (Lipinski definition) is 1. The van der Waals surface area contributed by atoms with Gasteiger partial charge in [-0.15, -0.1) is 0 Å². The topological polar surface area (TPSA) is 83.5 Å². The third-order valence-electron chi connectivity index (χ3n) is 5.21. The van der Waals surface area contributed by atoms with Crippen molar-refractivity contribution < 1.29 is 33.6 Å². The van der Waals surface area contributed by atoms with E-state index in [1.807, 2.05) is 51.1 Å². The summed E-state index contributed by atoms with van der Waals surface area (Å²) >= 11 is 0. The molecule has 0 aliphatic carbocycles. The summed E-state index contributed by atoms with van der Waals surface area (Å²) in [5.74, 6) is -1.21. The second-order valence-electron chi connectivity index (χ2n) is 9.36. The Hall–Kier alpha value is -1.51. The van der Waals surface area contributed by atoms with E-state index in [1.165, 1.54) is 0 Å². The minimum atomic E-state index is -1.09. The molecule has 0 bridgehead atoms. The molecule has 2 aliphatic heterocycles. The van der Waals surface area contributed by atoms with Gasteiger partial charge in [-0.25, -0.2) is 0 Å². The summed E-state index contributed by atoms with van der Waals surface area (Å²) in [4.78, 5) is 12.1. The third-order valence-corrected chi connectivity index (χ3v) is 5.21. The van der Waals surface area contributed by atoms with Crippen molar-refractivity contribution in [3.05, 3.63) is 35.9 Å². The van der Waals surface area contributed by atoms with Crippen LogP contribution in [0.4, 0.5) is 0 Å². The van der Waals surface area contributed by atoms with Gasteiger partial charge in [-0.2, -0.15) is 0 Å². The standard InChI is InChI=1S/C22H32O7/c1-20(2,3)19(24)25-13-15(23)16-22(6,26-12-14-10-8-7-9-11-14)17-18(27-16)29-21(4,5)28-17/h7-11,15-18,23H,12-13H2,1-6H3/t15-,16-,17+,18-,22-/m1/s1. The van der Waals surface area contributed by atoms with E-state index in [4.69, 9.17) is 23.7 Å². The zero-order chi connectivity index (χ0) is 21.4. The van der Waals surface area contributed by atoms with E-state index >= 15 is 0 Å². The molecule has 1 N–H and O–H groups in total. The van der Waals surface area contributed by atoms with E-state index in [1.54, 1.807) is 20.8 Å². The van der Waals surface area contributed by atoms with Crippen molar-refractivity contribution in [1.82, 2.24) is 0 Å². The SMILES string of the molecule is CC1(C)O[C@H]2O[C@H]([C@H](O)COC(=O)C(C)(C)C)[C@@](C)(OCc3ccccc3)[C@H]2O1. The third kappa shape index (κ3) is 4.81. The molecular weight excluding hydrogens is 376 g/mol. The molecule has 2 fully saturated rings. The first kappa shape index (κ1) is 22.2.